The number of nitrogens with zero attached hydrogens (tertiary/aromatic N) is 2. The summed E-state index contributed by atoms with van der Waals surface area (Å²) in [6.45, 7) is 7.38. The molecule has 0 unspecified atom stereocenters. The van der Waals surface area contributed by atoms with Crippen molar-refractivity contribution in [3.05, 3.63) is 52.0 Å². The first-order valence-corrected chi connectivity index (χ1v) is 11.2. The molecule has 180 valence electrons. The van der Waals surface area contributed by atoms with E-state index >= 15 is 0 Å². The summed E-state index contributed by atoms with van der Waals surface area (Å²) in [4.78, 5) is 28.9. The fourth-order valence-corrected chi connectivity index (χ4v) is 4.20. The van der Waals surface area contributed by atoms with Gasteiger partial charge in [-0.15, -0.1) is 0 Å². The fourth-order valence-electron chi connectivity index (χ4n) is 3.71. The Morgan fingerprint density at radius 2 is 1.67 bits per heavy atom. The first kappa shape index (κ1) is 26.6. The summed E-state index contributed by atoms with van der Waals surface area (Å²) in [5.41, 5.74) is 0.340. The monoisotopic (exact) mass is 496 g/mol. The van der Waals surface area contributed by atoms with E-state index in [0.29, 0.717) is 39.3 Å². The molecule has 9 heteroatoms. The van der Waals surface area contributed by atoms with Gasteiger partial charge in [0.1, 0.15) is 6.04 Å². The van der Waals surface area contributed by atoms with Crippen molar-refractivity contribution < 1.29 is 24.2 Å². The second kappa shape index (κ2) is 11.0. The summed E-state index contributed by atoms with van der Waals surface area (Å²) >= 11 is 12.4. The first-order chi connectivity index (χ1) is 15.4. The summed E-state index contributed by atoms with van der Waals surface area (Å²) in [6, 6.07) is 9.04. The van der Waals surface area contributed by atoms with Crippen LogP contribution in [0.1, 0.15) is 33.3 Å². The molecule has 0 spiro atoms. The van der Waals surface area contributed by atoms with Gasteiger partial charge in [0.25, 0.3) is 0 Å². The zero-order valence-corrected chi connectivity index (χ0v) is 21.2. The topological polar surface area (TPSA) is 79.3 Å². The van der Waals surface area contributed by atoms with Crippen molar-refractivity contribution in [1.29, 1.82) is 0 Å². The highest BCUT2D eigenvalue weighted by molar-refractivity contribution is 6.35. The molecule has 7 nitrogen and oxygen atoms in total. The number of amides is 2. The molecule has 0 aliphatic heterocycles. The largest absolute Gasteiger partial charge is 0.493 e. The molecule has 0 fully saturated rings. The van der Waals surface area contributed by atoms with Crippen LogP contribution in [0.2, 0.25) is 10.0 Å². The molecule has 2 amide bonds. The third-order valence-corrected chi connectivity index (χ3v) is 5.80. The molecule has 2 aromatic rings. The Labute approximate surface area is 204 Å². The lowest BCUT2D eigenvalue weighted by atomic mass is 9.97. The number of likely N-dealkylation sites (N-methyl/N-ethyl adjacent to an activating group) is 1. The zero-order chi connectivity index (χ0) is 24.9. The molecule has 0 radical (unpaired) electrons. The number of carbonyl (C=O) groups is 2. The van der Waals surface area contributed by atoms with Crippen LogP contribution in [0.3, 0.4) is 0 Å². The van der Waals surface area contributed by atoms with Crippen molar-refractivity contribution in [2.24, 2.45) is 0 Å². The van der Waals surface area contributed by atoms with Gasteiger partial charge in [0.15, 0.2) is 11.5 Å². The second-order valence-electron chi connectivity index (χ2n) is 8.40. The Kier molecular flexibility index (Phi) is 8.86. The minimum absolute atomic E-state index is 0.0855. The number of hydrogen-bond acceptors (Lipinski definition) is 4. The van der Waals surface area contributed by atoms with Crippen molar-refractivity contribution in [2.45, 2.75) is 45.7 Å². The van der Waals surface area contributed by atoms with Crippen LogP contribution in [0.25, 0.3) is 0 Å². The van der Waals surface area contributed by atoms with Gasteiger partial charge < -0.3 is 19.5 Å². The molecule has 0 bridgehead atoms. The SMILES string of the molecule is CCN(C(=O)[C@@H](Cc1ccc(Cl)cc1Cl)N(C(=O)O)C(C)(C)C)c1ccc(OC)c(OC)c1. The molecule has 1 atom stereocenters. The number of hydrogen-bond donors (Lipinski definition) is 1. The number of ether oxygens (including phenoxy) is 2. The van der Waals surface area contributed by atoms with Gasteiger partial charge in [-0.05, 0) is 57.5 Å². The minimum Gasteiger partial charge on any atom is -0.493 e. The van der Waals surface area contributed by atoms with E-state index in [0.717, 1.165) is 0 Å². The van der Waals surface area contributed by atoms with Crippen molar-refractivity contribution >= 4 is 40.9 Å². The van der Waals surface area contributed by atoms with Gasteiger partial charge in [0.2, 0.25) is 5.91 Å². The lowest BCUT2D eigenvalue weighted by Crippen LogP contribution is -2.58. The smallest absolute Gasteiger partial charge is 0.408 e. The van der Waals surface area contributed by atoms with Crippen molar-refractivity contribution in [2.75, 3.05) is 25.7 Å². The van der Waals surface area contributed by atoms with Crippen LogP contribution in [0, 0.1) is 0 Å². The molecule has 2 aromatic carbocycles. The van der Waals surface area contributed by atoms with E-state index < -0.39 is 17.7 Å². The van der Waals surface area contributed by atoms with Gasteiger partial charge in [-0.25, -0.2) is 4.79 Å². The average molecular weight is 497 g/mol. The van der Waals surface area contributed by atoms with Crippen LogP contribution >= 0.6 is 23.2 Å². The molecule has 0 aliphatic rings. The second-order valence-corrected chi connectivity index (χ2v) is 9.24. The van der Waals surface area contributed by atoms with Crippen molar-refractivity contribution in [1.82, 2.24) is 4.90 Å². The van der Waals surface area contributed by atoms with E-state index in [-0.39, 0.29) is 12.3 Å². The van der Waals surface area contributed by atoms with Crippen molar-refractivity contribution in [3.8, 4) is 11.5 Å². The summed E-state index contributed by atoms with van der Waals surface area (Å²) in [6.07, 6.45) is -1.11. The highest BCUT2D eigenvalue weighted by atomic mass is 35.5. The van der Waals surface area contributed by atoms with E-state index in [1.54, 1.807) is 57.2 Å². The molecule has 0 heterocycles. The Morgan fingerprint density at radius 3 is 2.15 bits per heavy atom. The van der Waals surface area contributed by atoms with Crippen LogP contribution in [0.4, 0.5) is 10.5 Å². The molecule has 0 saturated heterocycles. The maximum absolute atomic E-state index is 13.9. The average Bonchev–Trinajstić information content (AvgIpc) is 2.73. The minimum atomic E-state index is -1.20. The number of carbonyl (C=O) groups excluding carboxylic acids is 1. The standard InChI is InChI=1S/C24H30Cl2N2O5/c1-7-27(17-10-11-20(32-5)21(14-17)33-6)22(29)19(28(23(30)31)24(2,3)4)12-15-8-9-16(25)13-18(15)26/h8-11,13-14,19H,7,12H2,1-6H3,(H,30,31)/t19-/m1/s1. The summed E-state index contributed by atoms with van der Waals surface area (Å²) in [7, 11) is 3.04. The predicted octanol–water partition coefficient (Wildman–Crippen LogP) is 5.75. The Hall–Kier alpha value is -2.64. The van der Waals surface area contributed by atoms with E-state index in [2.05, 4.69) is 0 Å². The van der Waals surface area contributed by atoms with Gasteiger partial charge in [0.05, 0.1) is 14.2 Å². The van der Waals surface area contributed by atoms with Gasteiger partial charge in [-0.3, -0.25) is 9.69 Å². The van der Waals surface area contributed by atoms with Gasteiger partial charge in [0, 0.05) is 40.3 Å². The molecular weight excluding hydrogens is 467 g/mol. The quantitative estimate of drug-likeness (QED) is 0.502. The normalized spacial score (nSPS) is 12.1. The van der Waals surface area contributed by atoms with Crippen LogP contribution < -0.4 is 14.4 Å². The van der Waals surface area contributed by atoms with E-state index in [9.17, 15) is 14.7 Å². The van der Waals surface area contributed by atoms with E-state index in [4.69, 9.17) is 32.7 Å². The van der Waals surface area contributed by atoms with E-state index in [1.165, 1.54) is 24.0 Å². The third-order valence-electron chi connectivity index (χ3n) is 5.21. The number of anilines is 1. The lowest BCUT2D eigenvalue weighted by molar-refractivity contribution is -0.125. The van der Waals surface area contributed by atoms with Gasteiger partial charge >= 0.3 is 6.09 Å². The highest BCUT2D eigenvalue weighted by Crippen LogP contribution is 2.33. The first-order valence-electron chi connectivity index (χ1n) is 10.4. The van der Waals surface area contributed by atoms with Crippen molar-refractivity contribution in [3.63, 3.8) is 0 Å². The van der Waals surface area contributed by atoms with Crippen LogP contribution in [-0.2, 0) is 11.2 Å². The van der Waals surface area contributed by atoms with E-state index in [1.807, 2.05) is 6.92 Å². The number of halogens is 2. The molecule has 1 N–H and O–H groups in total. The third kappa shape index (κ3) is 6.24. The summed E-state index contributed by atoms with van der Waals surface area (Å²) < 4.78 is 10.7. The van der Waals surface area contributed by atoms with Crippen LogP contribution in [-0.4, -0.2) is 54.4 Å². The Morgan fingerprint density at radius 1 is 1.03 bits per heavy atom. The fraction of sp³-hybridized carbons (Fsp3) is 0.417. The number of rotatable bonds is 8. The molecule has 33 heavy (non-hydrogen) atoms. The maximum Gasteiger partial charge on any atom is 0.408 e. The zero-order valence-electron chi connectivity index (χ0n) is 19.7. The number of methoxy groups -OCH3 is 2. The van der Waals surface area contributed by atoms with Crippen LogP contribution in [0.5, 0.6) is 11.5 Å². The predicted molar refractivity (Wildman–Crippen MR) is 131 cm³/mol. The molecule has 0 aromatic heterocycles. The Bertz CT molecular complexity index is 1010. The maximum atomic E-state index is 13.9. The van der Waals surface area contributed by atoms with Crippen LogP contribution in [0.15, 0.2) is 36.4 Å². The highest BCUT2D eigenvalue weighted by Gasteiger charge is 2.40. The molecule has 0 aliphatic carbocycles. The molecule has 0 saturated carbocycles. The molecule has 2 rings (SSSR count). The number of carboxylic acid groups (broad SMARTS) is 1. The lowest BCUT2D eigenvalue weighted by Gasteiger charge is -2.40. The summed E-state index contributed by atoms with van der Waals surface area (Å²) in [5, 5.41) is 10.9. The number of benzene rings is 2. The molecular formula is C24H30Cl2N2O5. The van der Waals surface area contributed by atoms with Gasteiger partial charge in [-0.1, -0.05) is 29.3 Å². The Balaban J connectivity index is 2.58. The summed E-state index contributed by atoms with van der Waals surface area (Å²) in [5.74, 6) is 0.605. The van der Waals surface area contributed by atoms with Gasteiger partial charge in [-0.2, -0.15) is 0 Å².